The highest BCUT2D eigenvalue weighted by atomic mass is 16.5. The van der Waals surface area contributed by atoms with E-state index in [1.165, 1.54) is 5.57 Å². The fraction of sp³-hybridized carbons (Fsp3) is 0.375. The minimum Gasteiger partial charge on any atom is -0.496 e. The fourth-order valence-corrected chi connectivity index (χ4v) is 3.28. The number of ketones is 1. The number of fused-ring (bicyclic) bond motifs is 1. The van der Waals surface area contributed by atoms with Crippen molar-refractivity contribution >= 4 is 5.78 Å². The molecule has 0 N–H and O–H groups in total. The molecule has 0 spiro atoms. The van der Waals surface area contributed by atoms with Gasteiger partial charge in [-0.3, -0.25) is 4.79 Å². The first kappa shape index (κ1) is 20.0. The van der Waals surface area contributed by atoms with Crippen LogP contribution in [0.1, 0.15) is 61.7 Å². The zero-order valence-corrected chi connectivity index (χ0v) is 17.2. The molecule has 4 nitrogen and oxygen atoms in total. The van der Waals surface area contributed by atoms with E-state index in [9.17, 15) is 4.79 Å². The second-order valence-electron chi connectivity index (χ2n) is 7.62. The van der Waals surface area contributed by atoms with Crippen LogP contribution in [0.4, 0.5) is 0 Å². The molecule has 4 heteroatoms. The number of benzene rings is 2. The molecular weight excluding hydrogens is 352 g/mol. The molecule has 1 atom stereocenters. The number of Topliss-reactive ketones (excluding diaryl/α,β-unsaturated/α-hetero) is 1. The number of hydrogen-bond donors (Lipinski definition) is 0. The highest BCUT2D eigenvalue weighted by Crippen LogP contribution is 2.39. The van der Waals surface area contributed by atoms with Crippen molar-refractivity contribution in [2.24, 2.45) is 0 Å². The minimum atomic E-state index is -0.304. The number of carbonyl (C=O) groups is 1. The van der Waals surface area contributed by atoms with Gasteiger partial charge in [-0.05, 0) is 63.4 Å². The number of carbonyl (C=O) groups excluding carboxylic acids is 1. The molecule has 0 fully saturated rings. The van der Waals surface area contributed by atoms with Crippen LogP contribution in [0.25, 0.3) is 0 Å². The van der Waals surface area contributed by atoms with Crippen molar-refractivity contribution in [2.45, 2.75) is 52.7 Å². The molecule has 2 aromatic rings. The number of hydrogen-bond acceptors (Lipinski definition) is 4. The molecule has 1 heterocycles. The molecule has 0 aliphatic carbocycles. The van der Waals surface area contributed by atoms with Crippen LogP contribution in [0, 0.1) is 0 Å². The monoisotopic (exact) mass is 380 g/mol. The van der Waals surface area contributed by atoms with E-state index in [0.29, 0.717) is 17.7 Å². The summed E-state index contributed by atoms with van der Waals surface area (Å²) in [6, 6.07) is 11.5. The topological polar surface area (TPSA) is 44.8 Å². The van der Waals surface area contributed by atoms with Crippen LogP contribution in [-0.2, 0) is 6.42 Å². The Morgan fingerprint density at radius 1 is 1.21 bits per heavy atom. The summed E-state index contributed by atoms with van der Waals surface area (Å²) >= 11 is 0. The molecule has 28 heavy (non-hydrogen) atoms. The van der Waals surface area contributed by atoms with E-state index in [4.69, 9.17) is 14.2 Å². The molecule has 0 saturated heterocycles. The first-order valence-corrected chi connectivity index (χ1v) is 9.68. The number of allylic oxidation sites excluding steroid dienone is 2. The van der Waals surface area contributed by atoms with Gasteiger partial charge >= 0.3 is 0 Å². The first-order valence-electron chi connectivity index (χ1n) is 9.68. The summed E-state index contributed by atoms with van der Waals surface area (Å²) < 4.78 is 17.4. The van der Waals surface area contributed by atoms with Crippen LogP contribution in [0.5, 0.6) is 17.2 Å². The van der Waals surface area contributed by atoms with Gasteiger partial charge in [-0.2, -0.15) is 0 Å². The summed E-state index contributed by atoms with van der Waals surface area (Å²) in [7, 11) is 1.64. The van der Waals surface area contributed by atoms with Gasteiger partial charge in [-0.15, -0.1) is 0 Å². The second-order valence-corrected chi connectivity index (χ2v) is 7.62. The molecule has 0 saturated carbocycles. The SMILES string of the molecule is COc1cc2c(cc1CC=C(C)C)C(=O)CC(c1ccc(OC(C)C)cc1)O2. The van der Waals surface area contributed by atoms with Gasteiger partial charge in [0.15, 0.2) is 5.78 Å². The van der Waals surface area contributed by atoms with Crippen molar-refractivity contribution in [3.05, 3.63) is 64.7 Å². The molecule has 0 amide bonds. The van der Waals surface area contributed by atoms with Crippen LogP contribution in [-0.4, -0.2) is 19.0 Å². The van der Waals surface area contributed by atoms with Crippen molar-refractivity contribution in [2.75, 3.05) is 7.11 Å². The molecule has 3 rings (SSSR count). The third-order valence-electron chi connectivity index (χ3n) is 4.68. The maximum absolute atomic E-state index is 12.8. The lowest BCUT2D eigenvalue weighted by molar-refractivity contribution is 0.0849. The van der Waals surface area contributed by atoms with Crippen LogP contribution in [0.3, 0.4) is 0 Å². The summed E-state index contributed by atoms with van der Waals surface area (Å²) in [5, 5.41) is 0. The Kier molecular flexibility index (Phi) is 6.08. The third-order valence-corrected chi connectivity index (χ3v) is 4.68. The standard InChI is InChI=1S/C24H28O4/c1-15(2)6-7-18-12-20-21(25)13-23(28-24(20)14-22(18)26-5)17-8-10-19(11-9-17)27-16(3)4/h6,8-12,14,16,23H,7,13H2,1-5H3. The first-order chi connectivity index (χ1) is 13.4. The van der Waals surface area contributed by atoms with E-state index in [1.807, 2.05) is 50.2 Å². The van der Waals surface area contributed by atoms with Gasteiger partial charge in [-0.25, -0.2) is 0 Å². The van der Waals surface area contributed by atoms with Gasteiger partial charge in [0, 0.05) is 6.07 Å². The van der Waals surface area contributed by atoms with E-state index < -0.39 is 0 Å². The quantitative estimate of drug-likeness (QED) is 0.603. The largest absolute Gasteiger partial charge is 0.496 e. The van der Waals surface area contributed by atoms with Crippen LogP contribution >= 0.6 is 0 Å². The second kappa shape index (κ2) is 8.51. The predicted molar refractivity (Wildman–Crippen MR) is 111 cm³/mol. The Hall–Kier alpha value is -2.75. The third kappa shape index (κ3) is 4.56. The number of rotatable bonds is 6. The highest BCUT2D eigenvalue weighted by Gasteiger charge is 2.29. The predicted octanol–water partition coefficient (Wildman–Crippen LogP) is 5.70. The Morgan fingerprint density at radius 2 is 1.93 bits per heavy atom. The molecule has 1 aliphatic rings. The van der Waals surface area contributed by atoms with E-state index in [2.05, 4.69) is 19.9 Å². The van der Waals surface area contributed by atoms with E-state index in [1.54, 1.807) is 7.11 Å². The van der Waals surface area contributed by atoms with E-state index in [-0.39, 0.29) is 18.0 Å². The maximum Gasteiger partial charge on any atom is 0.170 e. The average molecular weight is 380 g/mol. The Labute approximate surface area is 167 Å². The summed E-state index contributed by atoms with van der Waals surface area (Å²) in [6.07, 6.45) is 3.00. The fourth-order valence-electron chi connectivity index (χ4n) is 3.28. The lowest BCUT2D eigenvalue weighted by atomic mass is 9.94. The van der Waals surface area contributed by atoms with Crippen LogP contribution < -0.4 is 14.2 Å². The molecule has 0 aromatic heterocycles. The Morgan fingerprint density at radius 3 is 2.54 bits per heavy atom. The smallest absolute Gasteiger partial charge is 0.170 e. The molecule has 148 valence electrons. The van der Waals surface area contributed by atoms with Crippen molar-refractivity contribution in [1.29, 1.82) is 0 Å². The van der Waals surface area contributed by atoms with Gasteiger partial charge in [0.05, 0.1) is 25.2 Å². The van der Waals surface area contributed by atoms with Crippen molar-refractivity contribution < 1.29 is 19.0 Å². The molecule has 1 aliphatic heterocycles. The molecule has 2 aromatic carbocycles. The van der Waals surface area contributed by atoms with Gasteiger partial charge in [0.1, 0.15) is 23.4 Å². The van der Waals surface area contributed by atoms with Gasteiger partial charge in [-0.1, -0.05) is 23.8 Å². The molecule has 0 bridgehead atoms. The molecular formula is C24H28O4. The van der Waals surface area contributed by atoms with Crippen molar-refractivity contribution in [1.82, 2.24) is 0 Å². The molecule has 1 unspecified atom stereocenters. The van der Waals surface area contributed by atoms with Gasteiger partial charge in [0.25, 0.3) is 0 Å². The molecule has 0 radical (unpaired) electrons. The lowest BCUT2D eigenvalue weighted by Gasteiger charge is -2.27. The normalized spacial score (nSPS) is 15.6. The highest BCUT2D eigenvalue weighted by molar-refractivity contribution is 6.00. The summed E-state index contributed by atoms with van der Waals surface area (Å²) in [5.41, 5.74) is 3.82. The van der Waals surface area contributed by atoms with Crippen molar-refractivity contribution in [3.8, 4) is 17.2 Å². The van der Waals surface area contributed by atoms with Gasteiger partial charge in [0.2, 0.25) is 0 Å². The summed E-state index contributed by atoms with van der Waals surface area (Å²) in [6.45, 7) is 8.10. The van der Waals surface area contributed by atoms with Crippen molar-refractivity contribution in [3.63, 3.8) is 0 Å². The Bertz CT molecular complexity index is 874. The maximum atomic E-state index is 12.8. The van der Waals surface area contributed by atoms with Gasteiger partial charge < -0.3 is 14.2 Å². The van der Waals surface area contributed by atoms with E-state index >= 15 is 0 Å². The van der Waals surface area contributed by atoms with Crippen LogP contribution in [0.2, 0.25) is 0 Å². The van der Waals surface area contributed by atoms with Crippen LogP contribution in [0.15, 0.2) is 48.0 Å². The van der Waals surface area contributed by atoms with E-state index in [0.717, 1.165) is 29.0 Å². The summed E-state index contributed by atoms with van der Waals surface area (Å²) in [4.78, 5) is 12.8. The zero-order valence-electron chi connectivity index (χ0n) is 17.2. The number of methoxy groups -OCH3 is 1. The zero-order chi connectivity index (χ0) is 20.3. The number of ether oxygens (including phenoxy) is 3. The Balaban J connectivity index is 1.86. The summed E-state index contributed by atoms with van der Waals surface area (Å²) in [5.74, 6) is 2.23. The lowest BCUT2D eigenvalue weighted by Crippen LogP contribution is -2.21. The average Bonchev–Trinajstić information content (AvgIpc) is 2.65. The minimum absolute atomic E-state index is 0.0925.